The summed E-state index contributed by atoms with van der Waals surface area (Å²) in [5.41, 5.74) is 0.838. The minimum atomic E-state index is -0.244. The summed E-state index contributed by atoms with van der Waals surface area (Å²) >= 11 is 0. The summed E-state index contributed by atoms with van der Waals surface area (Å²) in [7, 11) is 1.71. The number of hydrogen-bond acceptors (Lipinski definition) is 5. The molecule has 0 N–H and O–H groups in total. The first-order chi connectivity index (χ1) is 12.1. The third kappa shape index (κ3) is 2.52. The fourth-order valence-corrected chi connectivity index (χ4v) is 3.42. The quantitative estimate of drug-likeness (QED) is 0.715. The number of benzene rings is 1. The summed E-state index contributed by atoms with van der Waals surface area (Å²) in [5.74, 6) is 0.867. The molecular weight excluding hydrogens is 320 g/mol. The van der Waals surface area contributed by atoms with Crippen LogP contribution in [0.2, 0.25) is 0 Å². The Morgan fingerprint density at radius 2 is 2.08 bits per heavy atom. The van der Waals surface area contributed by atoms with E-state index in [4.69, 9.17) is 4.42 Å². The number of oxazole rings is 1. The number of fused-ring (bicyclic) bond motifs is 1. The lowest BCUT2D eigenvalue weighted by molar-refractivity contribution is 0.0721. The molecule has 0 spiro atoms. The maximum atomic E-state index is 12.8. The number of carbonyl (C=O) groups excluding carboxylic acids is 1. The van der Waals surface area contributed by atoms with E-state index < -0.39 is 0 Å². The summed E-state index contributed by atoms with van der Waals surface area (Å²) in [6.07, 6.45) is 3.00. The van der Waals surface area contributed by atoms with Gasteiger partial charge in [0.1, 0.15) is 12.1 Å². The summed E-state index contributed by atoms with van der Waals surface area (Å²) in [6.45, 7) is 2.31. The molecule has 1 aromatic carbocycles. The van der Waals surface area contributed by atoms with Crippen LogP contribution >= 0.6 is 0 Å². The molecule has 3 heterocycles. The number of likely N-dealkylation sites (tertiary alicyclic amines) is 1. The van der Waals surface area contributed by atoms with Crippen molar-refractivity contribution in [3.8, 4) is 0 Å². The first kappa shape index (κ1) is 15.6. The third-order valence-electron chi connectivity index (χ3n) is 4.67. The van der Waals surface area contributed by atoms with Gasteiger partial charge in [-0.15, -0.1) is 0 Å². The zero-order chi connectivity index (χ0) is 17.6. The average molecular weight is 338 g/mol. The van der Waals surface area contributed by atoms with E-state index in [1.54, 1.807) is 29.5 Å². The largest absolute Gasteiger partial charge is 0.448 e. The molecule has 7 heteroatoms. The fourth-order valence-electron chi connectivity index (χ4n) is 3.42. The van der Waals surface area contributed by atoms with Gasteiger partial charge in [0.25, 0.3) is 11.5 Å². The predicted molar refractivity (Wildman–Crippen MR) is 91.2 cm³/mol. The van der Waals surface area contributed by atoms with E-state index in [-0.39, 0.29) is 23.2 Å². The van der Waals surface area contributed by atoms with E-state index in [1.807, 2.05) is 18.2 Å². The fraction of sp³-hybridized carbons (Fsp3) is 0.333. The molecule has 7 nitrogen and oxygen atoms in total. The Labute approximate surface area is 143 Å². The standard InChI is InChI=1S/C18H18N4O3/c1-11-19-14(10-25-11)18(24)22-9-5-8-15(22)16-20-13-7-4-3-6-12(13)17(23)21(16)2/h3-4,6-7,10,15H,5,8-9H2,1-2H3. The zero-order valence-corrected chi connectivity index (χ0v) is 14.1. The van der Waals surface area contributed by atoms with Gasteiger partial charge in [-0.1, -0.05) is 12.1 Å². The van der Waals surface area contributed by atoms with Crippen LogP contribution < -0.4 is 5.56 Å². The lowest BCUT2D eigenvalue weighted by atomic mass is 10.1. The van der Waals surface area contributed by atoms with Gasteiger partial charge in [-0.05, 0) is 25.0 Å². The molecule has 1 saturated heterocycles. The van der Waals surface area contributed by atoms with Gasteiger partial charge in [-0.25, -0.2) is 9.97 Å². The van der Waals surface area contributed by atoms with Crippen molar-refractivity contribution < 1.29 is 9.21 Å². The second kappa shape index (κ2) is 5.84. The number of aromatic nitrogens is 3. The molecule has 3 aromatic rings. The second-order valence-electron chi connectivity index (χ2n) is 6.26. The predicted octanol–water partition coefficient (Wildman–Crippen LogP) is 2.21. The highest BCUT2D eigenvalue weighted by molar-refractivity contribution is 5.92. The molecule has 25 heavy (non-hydrogen) atoms. The molecule has 0 bridgehead atoms. The third-order valence-corrected chi connectivity index (χ3v) is 4.67. The molecule has 1 aliphatic heterocycles. The molecule has 2 aromatic heterocycles. The summed E-state index contributed by atoms with van der Waals surface area (Å²) in [4.78, 5) is 36.0. The maximum absolute atomic E-state index is 12.8. The average Bonchev–Trinajstić information content (AvgIpc) is 3.26. The van der Waals surface area contributed by atoms with Crippen LogP contribution in [0.3, 0.4) is 0 Å². The number of carbonyl (C=O) groups is 1. The Balaban J connectivity index is 1.78. The Hall–Kier alpha value is -2.96. The monoisotopic (exact) mass is 338 g/mol. The summed E-state index contributed by atoms with van der Waals surface area (Å²) < 4.78 is 6.71. The minimum absolute atomic E-state index is 0.0998. The Morgan fingerprint density at radius 3 is 2.84 bits per heavy atom. The number of amides is 1. The molecule has 128 valence electrons. The molecule has 1 unspecified atom stereocenters. The van der Waals surface area contributed by atoms with E-state index in [1.165, 1.54) is 6.26 Å². The van der Waals surface area contributed by atoms with Gasteiger partial charge in [-0.3, -0.25) is 14.2 Å². The highest BCUT2D eigenvalue weighted by Gasteiger charge is 2.34. The maximum Gasteiger partial charge on any atom is 0.276 e. The number of hydrogen-bond donors (Lipinski definition) is 0. The Kier molecular flexibility index (Phi) is 3.63. The SMILES string of the molecule is Cc1nc(C(=O)N2CCCC2c2nc3ccccc3c(=O)n2C)co1. The zero-order valence-electron chi connectivity index (χ0n) is 14.1. The van der Waals surface area contributed by atoms with Gasteiger partial charge < -0.3 is 9.32 Å². The van der Waals surface area contributed by atoms with E-state index in [2.05, 4.69) is 9.97 Å². The molecule has 0 radical (unpaired) electrons. The summed E-state index contributed by atoms with van der Waals surface area (Å²) in [5, 5.41) is 0.580. The van der Waals surface area contributed by atoms with Crippen LogP contribution in [-0.4, -0.2) is 31.9 Å². The van der Waals surface area contributed by atoms with E-state index >= 15 is 0 Å². The topological polar surface area (TPSA) is 81.2 Å². The molecule has 1 atom stereocenters. The van der Waals surface area contributed by atoms with Crippen molar-refractivity contribution >= 4 is 16.8 Å². The Morgan fingerprint density at radius 1 is 1.28 bits per heavy atom. The summed E-state index contributed by atoms with van der Waals surface area (Å²) in [6, 6.07) is 7.02. The van der Waals surface area contributed by atoms with Crippen LogP contribution in [0.25, 0.3) is 10.9 Å². The smallest absolute Gasteiger partial charge is 0.276 e. The van der Waals surface area contributed by atoms with Gasteiger partial charge in [0, 0.05) is 20.5 Å². The van der Waals surface area contributed by atoms with E-state index in [9.17, 15) is 9.59 Å². The van der Waals surface area contributed by atoms with Crippen LogP contribution in [-0.2, 0) is 7.05 Å². The van der Waals surface area contributed by atoms with Crippen LogP contribution in [0, 0.1) is 6.92 Å². The number of aryl methyl sites for hydroxylation is 1. The highest BCUT2D eigenvalue weighted by Crippen LogP contribution is 2.32. The van der Waals surface area contributed by atoms with Gasteiger partial charge in [0.05, 0.1) is 16.9 Å². The van der Waals surface area contributed by atoms with Crippen molar-refractivity contribution in [3.63, 3.8) is 0 Å². The lowest BCUT2D eigenvalue weighted by Crippen LogP contribution is -2.35. The minimum Gasteiger partial charge on any atom is -0.448 e. The first-order valence-corrected chi connectivity index (χ1v) is 8.25. The lowest BCUT2D eigenvalue weighted by Gasteiger charge is -2.25. The van der Waals surface area contributed by atoms with Crippen LogP contribution in [0.4, 0.5) is 0 Å². The highest BCUT2D eigenvalue weighted by atomic mass is 16.3. The van der Waals surface area contributed by atoms with Crippen LogP contribution in [0.5, 0.6) is 0 Å². The van der Waals surface area contributed by atoms with Crippen LogP contribution in [0.15, 0.2) is 39.7 Å². The van der Waals surface area contributed by atoms with Gasteiger partial charge in [0.15, 0.2) is 11.6 Å². The second-order valence-corrected chi connectivity index (χ2v) is 6.26. The normalized spacial score (nSPS) is 17.4. The Bertz CT molecular complexity index is 1020. The molecule has 0 aliphatic carbocycles. The van der Waals surface area contributed by atoms with Crippen molar-refractivity contribution in [2.45, 2.75) is 25.8 Å². The number of nitrogens with zero attached hydrogens (tertiary/aromatic N) is 4. The molecule has 1 aliphatic rings. The van der Waals surface area contributed by atoms with Gasteiger partial charge >= 0.3 is 0 Å². The first-order valence-electron chi connectivity index (χ1n) is 8.25. The number of para-hydroxylation sites is 1. The molecule has 0 saturated carbocycles. The number of rotatable bonds is 2. The van der Waals surface area contributed by atoms with Crippen LogP contribution in [0.1, 0.15) is 41.1 Å². The molecular formula is C18H18N4O3. The molecule has 4 rings (SSSR count). The van der Waals surface area contributed by atoms with Crippen molar-refractivity contribution in [2.24, 2.45) is 7.05 Å². The molecule has 1 fully saturated rings. The van der Waals surface area contributed by atoms with Crippen molar-refractivity contribution in [3.05, 3.63) is 58.3 Å². The van der Waals surface area contributed by atoms with Crippen molar-refractivity contribution in [2.75, 3.05) is 6.54 Å². The van der Waals surface area contributed by atoms with Crippen molar-refractivity contribution in [1.29, 1.82) is 0 Å². The van der Waals surface area contributed by atoms with Crippen molar-refractivity contribution in [1.82, 2.24) is 19.4 Å². The van der Waals surface area contributed by atoms with E-state index in [0.717, 1.165) is 12.8 Å². The van der Waals surface area contributed by atoms with Gasteiger partial charge in [-0.2, -0.15) is 0 Å². The van der Waals surface area contributed by atoms with E-state index in [0.29, 0.717) is 29.2 Å². The van der Waals surface area contributed by atoms with Gasteiger partial charge in [0.2, 0.25) is 0 Å². The molecule has 1 amide bonds.